The summed E-state index contributed by atoms with van der Waals surface area (Å²) in [6.07, 6.45) is 0.456. The Morgan fingerprint density at radius 1 is 1.29 bits per heavy atom. The summed E-state index contributed by atoms with van der Waals surface area (Å²) in [7, 11) is 1.36. The molecule has 3 heteroatoms. The first-order valence-electron chi connectivity index (χ1n) is 5.93. The number of para-hydroxylation sites is 1. The van der Waals surface area contributed by atoms with Gasteiger partial charge in [0.2, 0.25) is 0 Å². The van der Waals surface area contributed by atoms with E-state index >= 15 is 0 Å². The zero-order valence-corrected chi connectivity index (χ0v) is 10.9. The summed E-state index contributed by atoms with van der Waals surface area (Å²) >= 11 is 0. The van der Waals surface area contributed by atoms with Gasteiger partial charge >= 0.3 is 5.97 Å². The van der Waals surface area contributed by atoms with E-state index < -0.39 is 6.10 Å². The van der Waals surface area contributed by atoms with Crippen LogP contribution in [-0.2, 0) is 9.53 Å². The van der Waals surface area contributed by atoms with Crippen LogP contribution in [0, 0.1) is 0 Å². The van der Waals surface area contributed by atoms with Gasteiger partial charge in [-0.3, -0.25) is 0 Å². The van der Waals surface area contributed by atoms with Crippen molar-refractivity contribution in [3.63, 3.8) is 0 Å². The summed E-state index contributed by atoms with van der Waals surface area (Å²) in [5.74, 6) is 0.819. The molecule has 1 aromatic rings. The van der Waals surface area contributed by atoms with Gasteiger partial charge in [0.1, 0.15) is 5.75 Å². The molecule has 0 saturated heterocycles. The highest BCUT2D eigenvalue weighted by Crippen LogP contribution is 2.29. The minimum absolute atomic E-state index is 0.357. The molecule has 1 aromatic carbocycles. The van der Waals surface area contributed by atoms with Gasteiger partial charge in [-0.05, 0) is 30.9 Å². The fourth-order valence-electron chi connectivity index (χ4n) is 1.62. The lowest BCUT2D eigenvalue weighted by Gasteiger charge is -2.18. The summed E-state index contributed by atoms with van der Waals surface area (Å²) in [6.45, 7) is 5.97. The first-order chi connectivity index (χ1) is 8.10. The van der Waals surface area contributed by atoms with E-state index in [1.165, 1.54) is 7.11 Å². The standard InChI is InChI=1S/C14H20O3/c1-5-10(2)12-8-6-7-9-13(12)17-11(3)14(15)16-4/h6-11H,5H2,1-4H3/t10?,11-/m0/s1. The molecule has 0 radical (unpaired) electrons. The van der Waals surface area contributed by atoms with Crippen molar-refractivity contribution in [3.8, 4) is 5.75 Å². The van der Waals surface area contributed by atoms with Gasteiger partial charge in [0.05, 0.1) is 7.11 Å². The Hall–Kier alpha value is -1.51. The molecule has 0 spiro atoms. The smallest absolute Gasteiger partial charge is 0.346 e. The van der Waals surface area contributed by atoms with Crippen molar-refractivity contribution >= 4 is 5.97 Å². The van der Waals surface area contributed by atoms with E-state index in [0.717, 1.165) is 17.7 Å². The lowest BCUT2D eigenvalue weighted by Crippen LogP contribution is -2.25. The quantitative estimate of drug-likeness (QED) is 0.737. The van der Waals surface area contributed by atoms with Gasteiger partial charge in [-0.2, -0.15) is 0 Å². The van der Waals surface area contributed by atoms with Crippen LogP contribution in [0.1, 0.15) is 38.7 Å². The molecular weight excluding hydrogens is 216 g/mol. The highest BCUT2D eigenvalue weighted by Gasteiger charge is 2.17. The van der Waals surface area contributed by atoms with E-state index in [9.17, 15) is 4.79 Å². The van der Waals surface area contributed by atoms with Gasteiger partial charge in [-0.1, -0.05) is 32.0 Å². The average Bonchev–Trinajstić information content (AvgIpc) is 2.37. The molecule has 2 atom stereocenters. The van der Waals surface area contributed by atoms with Crippen LogP contribution in [0.3, 0.4) is 0 Å². The van der Waals surface area contributed by atoms with Crippen LogP contribution in [0.2, 0.25) is 0 Å². The van der Waals surface area contributed by atoms with Crippen molar-refractivity contribution in [2.75, 3.05) is 7.11 Å². The Morgan fingerprint density at radius 2 is 1.94 bits per heavy atom. The van der Waals surface area contributed by atoms with Gasteiger partial charge < -0.3 is 9.47 Å². The van der Waals surface area contributed by atoms with Crippen molar-refractivity contribution in [1.82, 2.24) is 0 Å². The Bertz CT molecular complexity index is 373. The maximum atomic E-state index is 11.3. The number of hydrogen-bond donors (Lipinski definition) is 0. The van der Waals surface area contributed by atoms with Gasteiger partial charge in [0.15, 0.2) is 6.10 Å². The molecule has 0 aliphatic carbocycles. The second kappa shape index (κ2) is 6.28. The number of carbonyl (C=O) groups is 1. The van der Waals surface area contributed by atoms with E-state index in [1.54, 1.807) is 6.92 Å². The topological polar surface area (TPSA) is 35.5 Å². The van der Waals surface area contributed by atoms with Crippen molar-refractivity contribution in [2.24, 2.45) is 0 Å². The zero-order chi connectivity index (χ0) is 12.8. The lowest BCUT2D eigenvalue weighted by atomic mass is 9.98. The molecule has 0 bridgehead atoms. The Kier molecular flexibility index (Phi) is 5.01. The molecule has 94 valence electrons. The Morgan fingerprint density at radius 3 is 2.53 bits per heavy atom. The third kappa shape index (κ3) is 3.48. The molecule has 17 heavy (non-hydrogen) atoms. The van der Waals surface area contributed by atoms with Crippen LogP contribution in [-0.4, -0.2) is 19.2 Å². The molecule has 0 aromatic heterocycles. The number of rotatable bonds is 5. The number of ether oxygens (including phenoxy) is 2. The highest BCUT2D eigenvalue weighted by atomic mass is 16.6. The molecule has 1 unspecified atom stereocenters. The molecule has 0 aliphatic heterocycles. The predicted octanol–water partition coefficient (Wildman–Crippen LogP) is 3.14. The first kappa shape index (κ1) is 13.6. The average molecular weight is 236 g/mol. The fourth-order valence-corrected chi connectivity index (χ4v) is 1.62. The normalized spacial score (nSPS) is 13.9. The van der Waals surface area contributed by atoms with Crippen molar-refractivity contribution in [1.29, 1.82) is 0 Å². The zero-order valence-electron chi connectivity index (χ0n) is 10.9. The number of esters is 1. The number of carbonyl (C=O) groups excluding carboxylic acids is 1. The van der Waals surface area contributed by atoms with Gasteiger partial charge in [-0.25, -0.2) is 4.79 Å². The van der Waals surface area contributed by atoms with Crippen LogP contribution in [0.25, 0.3) is 0 Å². The van der Waals surface area contributed by atoms with Crippen LogP contribution in [0.5, 0.6) is 5.75 Å². The highest BCUT2D eigenvalue weighted by molar-refractivity contribution is 5.74. The summed E-state index contributed by atoms with van der Waals surface area (Å²) < 4.78 is 10.3. The SMILES string of the molecule is CCC(C)c1ccccc1O[C@@H](C)C(=O)OC. The second-order valence-electron chi connectivity index (χ2n) is 4.13. The minimum atomic E-state index is -0.579. The molecule has 0 saturated carbocycles. The lowest BCUT2D eigenvalue weighted by molar-refractivity contribution is -0.147. The van der Waals surface area contributed by atoms with E-state index in [4.69, 9.17) is 4.74 Å². The molecule has 3 nitrogen and oxygen atoms in total. The molecule has 0 amide bonds. The molecule has 1 rings (SSSR count). The summed E-state index contributed by atoms with van der Waals surface area (Å²) in [4.78, 5) is 11.3. The molecule has 0 aliphatic rings. The van der Waals surface area contributed by atoms with Gasteiger partial charge in [-0.15, -0.1) is 0 Å². The maximum absolute atomic E-state index is 11.3. The third-order valence-corrected chi connectivity index (χ3v) is 2.90. The number of methoxy groups -OCH3 is 1. The van der Waals surface area contributed by atoms with Crippen LogP contribution in [0.4, 0.5) is 0 Å². The monoisotopic (exact) mass is 236 g/mol. The largest absolute Gasteiger partial charge is 0.479 e. The summed E-state index contributed by atoms with van der Waals surface area (Å²) in [5, 5.41) is 0. The fraction of sp³-hybridized carbons (Fsp3) is 0.500. The number of hydrogen-bond acceptors (Lipinski definition) is 3. The predicted molar refractivity (Wildman–Crippen MR) is 67.3 cm³/mol. The summed E-state index contributed by atoms with van der Waals surface area (Å²) in [6, 6.07) is 7.82. The molecule has 0 heterocycles. The van der Waals surface area contributed by atoms with Crippen molar-refractivity contribution < 1.29 is 14.3 Å². The van der Waals surface area contributed by atoms with Crippen molar-refractivity contribution in [2.45, 2.75) is 39.2 Å². The maximum Gasteiger partial charge on any atom is 0.346 e. The third-order valence-electron chi connectivity index (χ3n) is 2.90. The summed E-state index contributed by atoms with van der Waals surface area (Å²) in [5.41, 5.74) is 1.13. The second-order valence-corrected chi connectivity index (χ2v) is 4.13. The minimum Gasteiger partial charge on any atom is -0.479 e. The van der Waals surface area contributed by atoms with Crippen LogP contribution < -0.4 is 4.74 Å². The number of benzene rings is 1. The van der Waals surface area contributed by atoms with Gasteiger partial charge in [0.25, 0.3) is 0 Å². The van der Waals surface area contributed by atoms with Crippen LogP contribution >= 0.6 is 0 Å². The van der Waals surface area contributed by atoms with Gasteiger partial charge in [0, 0.05) is 0 Å². The molecule has 0 N–H and O–H groups in total. The van der Waals surface area contributed by atoms with Crippen molar-refractivity contribution in [3.05, 3.63) is 29.8 Å². The van der Waals surface area contributed by atoms with Crippen LogP contribution in [0.15, 0.2) is 24.3 Å². The van der Waals surface area contributed by atoms with E-state index in [1.807, 2.05) is 24.3 Å². The van der Waals surface area contributed by atoms with E-state index in [0.29, 0.717) is 5.92 Å². The molecular formula is C14H20O3. The Balaban J connectivity index is 2.87. The Labute approximate surface area is 103 Å². The molecule has 0 fully saturated rings. The first-order valence-corrected chi connectivity index (χ1v) is 5.93. The van der Waals surface area contributed by atoms with E-state index in [-0.39, 0.29) is 5.97 Å². The van der Waals surface area contributed by atoms with E-state index in [2.05, 4.69) is 18.6 Å².